The minimum atomic E-state index is -1.01. The van der Waals surface area contributed by atoms with Crippen LogP contribution in [0.4, 0.5) is 0 Å². The van der Waals surface area contributed by atoms with Gasteiger partial charge in [-0.2, -0.15) is 5.10 Å². The van der Waals surface area contributed by atoms with Crippen molar-refractivity contribution in [3.05, 3.63) is 16.4 Å². The maximum atomic E-state index is 12.5. The number of aromatic nitrogens is 2. The largest absolute Gasteiger partial charge is 0.384 e. The topological polar surface area (TPSA) is 89.5 Å². The van der Waals surface area contributed by atoms with Gasteiger partial charge in [-0.25, -0.2) is 0 Å². The van der Waals surface area contributed by atoms with Crippen LogP contribution in [0.1, 0.15) is 41.9 Å². The number of rotatable bonds is 3. The molecule has 22 heavy (non-hydrogen) atoms. The number of piperazine rings is 1. The van der Waals surface area contributed by atoms with E-state index < -0.39 is 6.10 Å². The SMILES string of the molecule is C[C@@H](O)C(=O)N1CCN(C(=O)c2n[nH]c(C3CC3)c2Cl)CC1. The van der Waals surface area contributed by atoms with Crippen molar-refractivity contribution in [1.82, 2.24) is 20.0 Å². The van der Waals surface area contributed by atoms with Crippen LogP contribution in [0.2, 0.25) is 5.02 Å². The van der Waals surface area contributed by atoms with Gasteiger partial charge in [0.05, 0.1) is 10.7 Å². The molecule has 1 aliphatic carbocycles. The van der Waals surface area contributed by atoms with Gasteiger partial charge in [-0.3, -0.25) is 14.7 Å². The number of hydrogen-bond acceptors (Lipinski definition) is 4. The highest BCUT2D eigenvalue weighted by Crippen LogP contribution is 2.42. The summed E-state index contributed by atoms with van der Waals surface area (Å²) < 4.78 is 0. The van der Waals surface area contributed by atoms with Gasteiger partial charge in [0.2, 0.25) is 0 Å². The van der Waals surface area contributed by atoms with Crippen molar-refractivity contribution < 1.29 is 14.7 Å². The molecule has 1 saturated heterocycles. The van der Waals surface area contributed by atoms with Gasteiger partial charge in [-0.1, -0.05) is 11.6 Å². The fraction of sp³-hybridized carbons (Fsp3) is 0.643. The van der Waals surface area contributed by atoms with Crippen molar-refractivity contribution in [3.8, 4) is 0 Å². The lowest BCUT2D eigenvalue weighted by atomic mass is 10.2. The zero-order chi connectivity index (χ0) is 15.9. The number of carbonyl (C=O) groups excluding carboxylic acids is 2. The van der Waals surface area contributed by atoms with Crippen molar-refractivity contribution in [3.63, 3.8) is 0 Å². The van der Waals surface area contributed by atoms with E-state index in [0.717, 1.165) is 18.5 Å². The zero-order valence-corrected chi connectivity index (χ0v) is 13.1. The Bertz CT molecular complexity index is 589. The molecule has 3 rings (SSSR count). The lowest BCUT2D eigenvalue weighted by molar-refractivity contribution is -0.140. The van der Waals surface area contributed by atoms with Gasteiger partial charge in [0.25, 0.3) is 11.8 Å². The Morgan fingerprint density at radius 1 is 1.27 bits per heavy atom. The molecule has 1 aliphatic heterocycles. The Balaban J connectivity index is 1.63. The van der Waals surface area contributed by atoms with Gasteiger partial charge in [0.1, 0.15) is 6.10 Å². The molecule has 120 valence electrons. The van der Waals surface area contributed by atoms with E-state index in [4.69, 9.17) is 11.6 Å². The first-order valence-corrected chi connectivity index (χ1v) is 7.86. The second kappa shape index (κ2) is 5.89. The molecule has 0 spiro atoms. The quantitative estimate of drug-likeness (QED) is 0.851. The number of aliphatic hydroxyl groups excluding tert-OH is 1. The predicted octanol–water partition coefficient (Wildman–Crippen LogP) is 0.606. The molecule has 1 atom stereocenters. The van der Waals surface area contributed by atoms with Crippen LogP contribution in [0.15, 0.2) is 0 Å². The Labute approximate surface area is 133 Å². The van der Waals surface area contributed by atoms with Crippen LogP contribution >= 0.6 is 11.6 Å². The summed E-state index contributed by atoms with van der Waals surface area (Å²) in [6.07, 6.45) is 1.15. The number of amides is 2. The second-order valence-electron chi connectivity index (χ2n) is 5.87. The molecule has 0 aromatic carbocycles. The summed E-state index contributed by atoms with van der Waals surface area (Å²) in [4.78, 5) is 27.4. The summed E-state index contributed by atoms with van der Waals surface area (Å²) in [6.45, 7) is 3.10. The third-order valence-corrected chi connectivity index (χ3v) is 4.54. The summed E-state index contributed by atoms with van der Waals surface area (Å²) in [6, 6.07) is 0. The van der Waals surface area contributed by atoms with E-state index in [9.17, 15) is 14.7 Å². The fourth-order valence-corrected chi connectivity index (χ4v) is 2.99. The fourth-order valence-electron chi connectivity index (χ4n) is 2.67. The predicted molar refractivity (Wildman–Crippen MR) is 79.7 cm³/mol. The van der Waals surface area contributed by atoms with Crippen LogP contribution in [0.25, 0.3) is 0 Å². The van der Waals surface area contributed by atoms with Crippen molar-refractivity contribution in [2.45, 2.75) is 31.8 Å². The number of H-pyrrole nitrogens is 1. The summed E-state index contributed by atoms with van der Waals surface area (Å²) in [5, 5.41) is 16.7. The van der Waals surface area contributed by atoms with Crippen LogP contribution < -0.4 is 0 Å². The number of aromatic amines is 1. The molecule has 1 aromatic rings. The summed E-state index contributed by atoms with van der Waals surface area (Å²) in [5.74, 6) is -0.111. The van der Waals surface area contributed by atoms with E-state index in [1.54, 1.807) is 9.80 Å². The summed E-state index contributed by atoms with van der Waals surface area (Å²) >= 11 is 6.26. The lowest BCUT2D eigenvalue weighted by Gasteiger charge is -2.35. The molecule has 2 heterocycles. The Hall–Kier alpha value is -1.60. The van der Waals surface area contributed by atoms with E-state index in [2.05, 4.69) is 10.2 Å². The first-order valence-electron chi connectivity index (χ1n) is 7.49. The van der Waals surface area contributed by atoms with E-state index in [1.807, 2.05) is 0 Å². The van der Waals surface area contributed by atoms with Gasteiger partial charge < -0.3 is 14.9 Å². The third-order valence-electron chi connectivity index (χ3n) is 4.16. The maximum absolute atomic E-state index is 12.5. The Morgan fingerprint density at radius 2 is 1.86 bits per heavy atom. The maximum Gasteiger partial charge on any atom is 0.276 e. The highest BCUT2D eigenvalue weighted by Gasteiger charge is 2.33. The molecular formula is C14H19ClN4O3. The van der Waals surface area contributed by atoms with Gasteiger partial charge in [0.15, 0.2) is 5.69 Å². The third kappa shape index (κ3) is 2.83. The summed E-state index contributed by atoms with van der Waals surface area (Å²) in [7, 11) is 0. The Kier molecular flexibility index (Phi) is 4.10. The second-order valence-corrected chi connectivity index (χ2v) is 6.25. The molecular weight excluding hydrogens is 308 g/mol. The molecule has 2 aliphatic rings. The average molecular weight is 327 g/mol. The normalized spacial score (nSPS) is 20.1. The molecule has 7 nitrogen and oxygen atoms in total. The number of nitrogens with one attached hydrogen (secondary N) is 1. The van der Waals surface area contributed by atoms with Crippen LogP contribution in [-0.2, 0) is 4.79 Å². The van der Waals surface area contributed by atoms with Crippen molar-refractivity contribution in [1.29, 1.82) is 0 Å². The van der Waals surface area contributed by atoms with Crippen molar-refractivity contribution >= 4 is 23.4 Å². The van der Waals surface area contributed by atoms with Crippen molar-refractivity contribution in [2.75, 3.05) is 26.2 Å². The van der Waals surface area contributed by atoms with Crippen LogP contribution in [-0.4, -0.2) is 69.2 Å². The highest BCUT2D eigenvalue weighted by atomic mass is 35.5. The minimum Gasteiger partial charge on any atom is -0.384 e. The van der Waals surface area contributed by atoms with Gasteiger partial charge in [-0.15, -0.1) is 0 Å². The number of hydrogen-bond donors (Lipinski definition) is 2. The Morgan fingerprint density at radius 3 is 2.41 bits per heavy atom. The molecule has 2 N–H and O–H groups in total. The number of halogens is 1. The first-order chi connectivity index (χ1) is 10.5. The van der Waals surface area contributed by atoms with Crippen LogP contribution in [0.3, 0.4) is 0 Å². The number of aliphatic hydroxyl groups is 1. The molecule has 0 unspecified atom stereocenters. The average Bonchev–Trinajstić information content (AvgIpc) is 3.29. The van der Waals surface area contributed by atoms with E-state index in [1.165, 1.54) is 6.92 Å². The molecule has 1 aromatic heterocycles. The van der Waals surface area contributed by atoms with Gasteiger partial charge in [0, 0.05) is 32.1 Å². The standard InChI is InChI=1S/C14H19ClN4O3/c1-8(20)13(21)18-4-6-19(7-5-18)14(22)12-10(15)11(16-17-12)9-2-3-9/h8-9,20H,2-7H2,1H3,(H,16,17)/t8-/m1/s1. The molecule has 2 fully saturated rings. The lowest BCUT2D eigenvalue weighted by Crippen LogP contribution is -2.52. The van der Waals surface area contributed by atoms with Crippen LogP contribution in [0, 0.1) is 0 Å². The van der Waals surface area contributed by atoms with E-state index in [0.29, 0.717) is 37.1 Å². The van der Waals surface area contributed by atoms with Gasteiger partial charge >= 0.3 is 0 Å². The number of nitrogens with zero attached hydrogens (tertiary/aromatic N) is 3. The van der Waals surface area contributed by atoms with E-state index in [-0.39, 0.29) is 17.5 Å². The molecule has 8 heteroatoms. The molecule has 0 bridgehead atoms. The first kappa shape index (κ1) is 15.3. The summed E-state index contributed by atoms with van der Waals surface area (Å²) in [5.41, 5.74) is 1.12. The smallest absolute Gasteiger partial charge is 0.276 e. The number of carbonyl (C=O) groups is 2. The highest BCUT2D eigenvalue weighted by molar-refractivity contribution is 6.34. The minimum absolute atomic E-state index is 0.211. The van der Waals surface area contributed by atoms with Gasteiger partial charge in [-0.05, 0) is 19.8 Å². The van der Waals surface area contributed by atoms with Crippen LogP contribution in [0.5, 0.6) is 0 Å². The molecule has 1 saturated carbocycles. The molecule has 2 amide bonds. The monoisotopic (exact) mass is 326 g/mol. The van der Waals surface area contributed by atoms with E-state index >= 15 is 0 Å². The molecule has 0 radical (unpaired) electrons. The van der Waals surface area contributed by atoms with Crippen molar-refractivity contribution in [2.24, 2.45) is 0 Å². The zero-order valence-electron chi connectivity index (χ0n) is 12.4.